The van der Waals surface area contributed by atoms with E-state index in [0.29, 0.717) is 13.1 Å². The van der Waals surface area contributed by atoms with E-state index < -0.39 is 5.97 Å². The van der Waals surface area contributed by atoms with Crippen LogP contribution in [0.4, 0.5) is 0 Å². The number of rotatable bonds is 6. The first-order valence-electron chi connectivity index (χ1n) is 6.53. The van der Waals surface area contributed by atoms with Crippen LogP contribution in [0.15, 0.2) is 22.7 Å². The fourth-order valence-electron chi connectivity index (χ4n) is 1.96. The summed E-state index contributed by atoms with van der Waals surface area (Å²) in [5.74, 6) is 0.0400. The molecule has 1 N–H and O–H groups in total. The summed E-state index contributed by atoms with van der Waals surface area (Å²) in [4.78, 5) is 12.9. The predicted molar refractivity (Wildman–Crippen MR) is 83.1 cm³/mol. The van der Waals surface area contributed by atoms with Crippen molar-refractivity contribution in [1.82, 2.24) is 4.90 Å². The topological polar surface area (TPSA) is 49.8 Å². The number of halogens is 1. The molecular weight excluding hydrogens is 322 g/mol. The van der Waals surface area contributed by atoms with Gasteiger partial charge in [0.15, 0.2) is 0 Å². The second kappa shape index (κ2) is 7.09. The molecule has 0 radical (unpaired) electrons. The third-order valence-electron chi connectivity index (χ3n) is 3.15. The van der Waals surface area contributed by atoms with Crippen LogP contribution in [-0.4, -0.2) is 35.2 Å². The first-order chi connectivity index (χ1) is 9.24. The van der Waals surface area contributed by atoms with Gasteiger partial charge in [0, 0.05) is 28.7 Å². The molecule has 4 nitrogen and oxygen atoms in total. The van der Waals surface area contributed by atoms with E-state index in [2.05, 4.69) is 41.6 Å². The third-order valence-corrected chi connectivity index (χ3v) is 3.64. The smallest absolute Gasteiger partial charge is 0.304 e. The molecule has 0 bridgehead atoms. The van der Waals surface area contributed by atoms with Crippen molar-refractivity contribution in [1.29, 1.82) is 0 Å². The second-order valence-corrected chi connectivity index (χ2v) is 6.61. The van der Waals surface area contributed by atoms with Crippen LogP contribution in [0.2, 0.25) is 0 Å². The Morgan fingerprint density at radius 3 is 2.55 bits per heavy atom. The maximum Gasteiger partial charge on any atom is 0.304 e. The lowest BCUT2D eigenvalue weighted by atomic mass is 10.0. The van der Waals surface area contributed by atoms with Gasteiger partial charge < -0.3 is 9.84 Å². The number of methoxy groups -OCH3 is 1. The minimum absolute atomic E-state index is 0.108. The Balaban J connectivity index is 2.94. The Kier molecular flexibility index (Phi) is 6.02. The van der Waals surface area contributed by atoms with Crippen molar-refractivity contribution >= 4 is 21.9 Å². The zero-order valence-corrected chi connectivity index (χ0v) is 14.0. The van der Waals surface area contributed by atoms with Crippen molar-refractivity contribution in [2.45, 2.75) is 39.3 Å². The van der Waals surface area contributed by atoms with Gasteiger partial charge in [-0.1, -0.05) is 15.9 Å². The fraction of sp³-hybridized carbons (Fsp3) is 0.533. The number of ether oxygens (including phenoxy) is 1. The quantitative estimate of drug-likeness (QED) is 0.858. The van der Waals surface area contributed by atoms with Gasteiger partial charge in [0.25, 0.3) is 0 Å². The molecule has 112 valence electrons. The van der Waals surface area contributed by atoms with Gasteiger partial charge in [-0.2, -0.15) is 0 Å². The number of nitrogens with zero attached hydrogens (tertiary/aromatic N) is 1. The minimum Gasteiger partial charge on any atom is -0.496 e. The van der Waals surface area contributed by atoms with Crippen LogP contribution >= 0.6 is 15.9 Å². The Morgan fingerprint density at radius 1 is 1.40 bits per heavy atom. The standard InChI is InChI=1S/C15H22BrNO3/c1-15(2,3)17(8-7-14(18)19)10-11-9-12(16)5-6-13(11)20-4/h5-6,9H,7-8,10H2,1-4H3,(H,18,19). The molecule has 0 aliphatic carbocycles. The van der Waals surface area contributed by atoms with E-state index in [1.165, 1.54) is 0 Å². The Morgan fingerprint density at radius 2 is 2.05 bits per heavy atom. The Bertz CT molecular complexity index is 469. The molecule has 0 heterocycles. The molecule has 0 aromatic heterocycles. The lowest BCUT2D eigenvalue weighted by Crippen LogP contribution is -2.42. The second-order valence-electron chi connectivity index (χ2n) is 5.69. The Labute approximate surface area is 128 Å². The zero-order chi connectivity index (χ0) is 15.3. The highest BCUT2D eigenvalue weighted by Crippen LogP contribution is 2.27. The van der Waals surface area contributed by atoms with Crippen LogP contribution in [0.5, 0.6) is 5.75 Å². The number of hydrogen-bond donors (Lipinski definition) is 1. The highest BCUT2D eigenvalue weighted by Gasteiger charge is 2.23. The molecule has 0 aliphatic heterocycles. The number of aliphatic carboxylic acids is 1. The van der Waals surface area contributed by atoms with Crippen molar-refractivity contribution in [2.75, 3.05) is 13.7 Å². The molecule has 20 heavy (non-hydrogen) atoms. The zero-order valence-electron chi connectivity index (χ0n) is 12.4. The molecule has 0 unspecified atom stereocenters. The first kappa shape index (κ1) is 17.0. The van der Waals surface area contributed by atoms with Gasteiger partial charge in [0.2, 0.25) is 0 Å². The lowest BCUT2D eigenvalue weighted by Gasteiger charge is -2.35. The summed E-state index contributed by atoms with van der Waals surface area (Å²) in [6.07, 6.45) is 0.133. The predicted octanol–water partition coefficient (Wildman–Crippen LogP) is 3.53. The highest BCUT2D eigenvalue weighted by molar-refractivity contribution is 9.10. The monoisotopic (exact) mass is 343 g/mol. The van der Waals surface area contributed by atoms with Crippen molar-refractivity contribution in [2.24, 2.45) is 0 Å². The minimum atomic E-state index is -0.777. The molecule has 1 aromatic rings. The maximum absolute atomic E-state index is 10.8. The molecule has 1 aromatic carbocycles. The van der Waals surface area contributed by atoms with E-state index in [9.17, 15) is 4.79 Å². The summed E-state index contributed by atoms with van der Waals surface area (Å²) in [5.41, 5.74) is 0.935. The van der Waals surface area contributed by atoms with E-state index in [4.69, 9.17) is 9.84 Å². The SMILES string of the molecule is COc1ccc(Br)cc1CN(CCC(=O)O)C(C)(C)C. The van der Waals surface area contributed by atoms with Gasteiger partial charge in [-0.15, -0.1) is 0 Å². The van der Waals surface area contributed by atoms with Gasteiger partial charge >= 0.3 is 5.97 Å². The van der Waals surface area contributed by atoms with E-state index >= 15 is 0 Å². The molecule has 0 saturated heterocycles. The fourth-order valence-corrected chi connectivity index (χ4v) is 2.37. The molecule has 0 atom stereocenters. The largest absolute Gasteiger partial charge is 0.496 e. The van der Waals surface area contributed by atoms with Crippen LogP contribution in [0, 0.1) is 0 Å². The summed E-state index contributed by atoms with van der Waals surface area (Å²) in [6.45, 7) is 7.41. The molecule has 0 saturated carbocycles. The van der Waals surface area contributed by atoms with Crippen LogP contribution in [0.1, 0.15) is 32.8 Å². The molecule has 0 spiro atoms. The van der Waals surface area contributed by atoms with Crippen LogP contribution < -0.4 is 4.74 Å². The van der Waals surface area contributed by atoms with Crippen molar-refractivity contribution in [3.05, 3.63) is 28.2 Å². The molecule has 5 heteroatoms. The van der Waals surface area contributed by atoms with Gasteiger partial charge in [-0.3, -0.25) is 9.69 Å². The van der Waals surface area contributed by atoms with Crippen molar-refractivity contribution in [3.63, 3.8) is 0 Å². The van der Waals surface area contributed by atoms with Crippen molar-refractivity contribution in [3.8, 4) is 5.75 Å². The van der Waals surface area contributed by atoms with E-state index in [1.54, 1.807) is 7.11 Å². The van der Waals surface area contributed by atoms with Gasteiger partial charge in [0.05, 0.1) is 13.5 Å². The summed E-state index contributed by atoms with van der Waals surface area (Å²) in [5, 5.41) is 8.88. The maximum atomic E-state index is 10.8. The summed E-state index contributed by atoms with van der Waals surface area (Å²) >= 11 is 3.46. The number of carboxylic acids is 1. The number of benzene rings is 1. The Hall–Kier alpha value is -1.07. The summed E-state index contributed by atoms with van der Waals surface area (Å²) in [7, 11) is 1.64. The molecule has 0 aliphatic rings. The summed E-state index contributed by atoms with van der Waals surface area (Å²) in [6, 6.07) is 5.86. The van der Waals surface area contributed by atoms with E-state index in [-0.39, 0.29) is 12.0 Å². The van der Waals surface area contributed by atoms with E-state index in [1.807, 2.05) is 18.2 Å². The van der Waals surface area contributed by atoms with Crippen LogP contribution in [0.3, 0.4) is 0 Å². The molecule has 0 fully saturated rings. The average Bonchev–Trinajstić information content (AvgIpc) is 2.33. The molecular formula is C15H22BrNO3. The number of carbonyl (C=O) groups is 1. The average molecular weight is 344 g/mol. The normalized spacial score (nSPS) is 11.7. The lowest BCUT2D eigenvalue weighted by molar-refractivity contribution is -0.137. The first-order valence-corrected chi connectivity index (χ1v) is 7.32. The molecule has 1 rings (SSSR count). The highest BCUT2D eigenvalue weighted by atomic mass is 79.9. The summed E-state index contributed by atoms with van der Waals surface area (Å²) < 4.78 is 6.36. The number of hydrogen-bond acceptors (Lipinski definition) is 3. The van der Waals surface area contributed by atoms with Crippen LogP contribution in [-0.2, 0) is 11.3 Å². The molecule has 0 amide bonds. The van der Waals surface area contributed by atoms with Gasteiger partial charge in [-0.05, 0) is 39.0 Å². The van der Waals surface area contributed by atoms with E-state index in [0.717, 1.165) is 15.8 Å². The van der Waals surface area contributed by atoms with Crippen molar-refractivity contribution < 1.29 is 14.6 Å². The van der Waals surface area contributed by atoms with Gasteiger partial charge in [0.1, 0.15) is 5.75 Å². The number of carboxylic acid groups (broad SMARTS) is 1. The van der Waals surface area contributed by atoms with Gasteiger partial charge in [-0.25, -0.2) is 0 Å². The van der Waals surface area contributed by atoms with Crippen LogP contribution in [0.25, 0.3) is 0 Å². The third kappa shape index (κ3) is 5.13.